The lowest BCUT2D eigenvalue weighted by atomic mass is 9.77. The fraction of sp³-hybridized carbons (Fsp3) is 0.533. The summed E-state index contributed by atoms with van der Waals surface area (Å²) in [6, 6.07) is 16.3. The van der Waals surface area contributed by atoms with Crippen molar-refractivity contribution in [1.29, 1.82) is 0 Å². The van der Waals surface area contributed by atoms with Gasteiger partial charge in [-0.2, -0.15) is 0 Å². The highest BCUT2D eigenvalue weighted by Crippen LogP contribution is 2.40. The molecule has 36 heavy (non-hydrogen) atoms. The minimum absolute atomic E-state index is 0.100. The van der Waals surface area contributed by atoms with Gasteiger partial charge in [-0.05, 0) is 69.7 Å². The Morgan fingerprint density at radius 2 is 1.64 bits per heavy atom. The second kappa shape index (κ2) is 10.9. The summed E-state index contributed by atoms with van der Waals surface area (Å²) in [6.45, 7) is 9.71. The smallest absolute Gasteiger partial charge is 0.410 e. The molecular formula is C30H40N2O4. The van der Waals surface area contributed by atoms with E-state index in [-0.39, 0.29) is 24.0 Å². The van der Waals surface area contributed by atoms with Crippen molar-refractivity contribution in [2.75, 3.05) is 20.2 Å². The van der Waals surface area contributed by atoms with E-state index in [4.69, 9.17) is 9.47 Å². The number of methoxy groups -OCH3 is 1. The molecule has 1 saturated carbocycles. The van der Waals surface area contributed by atoms with E-state index in [2.05, 4.69) is 36.1 Å². The Balaban J connectivity index is 1.56. The van der Waals surface area contributed by atoms with Gasteiger partial charge in [-0.1, -0.05) is 48.4 Å². The van der Waals surface area contributed by atoms with E-state index in [1.165, 1.54) is 5.56 Å². The first kappa shape index (κ1) is 26.1. The maximum absolute atomic E-state index is 13.8. The van der Waals surface area contributed by atoms with Crippen molar-refractivity contribution < 1.29 is 19.1 Å². The highest BCUT2D eigenvalue weighted by Gasteiger charge is 2.45. The molecule has 2 aromatic rings. The van der Waals surface area contributed by atoms with Crippen molar-refractivity contribution in [2.45, 2.75) is 71.6 Å². The van der Waals surface area contributed by atoms with E-state index < -0.39 is 5.60 Å². The summed E-state index contributed by atoms with van der Waals surface area (Å²) < 4.78 is 10.9. The molecule has 6 heteroatoms. The predicted octanol–water partition coefficient (Wildman–Crippen LogP) is 5.61. The average molecular weight is 493 g/mol. The average Bonchev–Trinajstić information content (AvgIpc) is 3.28. The second-order valence-corrected chi connectivity index (χ2v) is 11.3. The number of hydrogen-bond donors (Lipinski definition) is 0. The molecule has 3 atom stereocenters. The van der Waals surface area contributed by atoms with Crippen LogP contribution < -0.4 is 4.74 Å². The number of aryl methyl sites for hydroxylation is 1. The normalized spacial score (nSPS) is 21.6. The first-order chi connectivity index (χ1) is 17.1. The minimum atomic E-state index is -0.518. The Hall–Kier alpha value is -3.02. The first-order valence-corrected chi connectivity index (χ1v) is 13.1. The van der Waals surface area contributed by atoms with Crippen molar-refractivity contribution in [3.63, 3.8) is 0 Å². The molecule has 0 spiro atoms. The van der Waals surface area contributed by atoms with Gasteiger partial charge < -0.3 is 19.3 Å². The van der Waals surface area contributed by atoms with Crippen LogP contribution in [0, 0.1) is 18.8 Å². The Morgan fingerprint density at radius 1 is 0.972 bits per heavy atom. The van der Waals surface area contributed by atoms with Gasteiger partial charge in [-0.25, -0.2) is 4.79 Å². The molecule has 1 aliphatic carbocycles. The summed E-state index contributed by atoms with van der Waals surface area (Å²) in [6.07, 6.45) is 3.22. The molecular weight excluding hydrogens is 452 g/mol. The van der Waals surface area contributed by atoms with Gasteiger partial charge in [0.25, 0.3) is 0 Å². The zero-order chi connectivity index (χ0) is 25.9. The number of likely N-dealkylation sites (tertiary alicyclic amines) is 1. The molecule has 0 radical (unpaired) electrons. The molecule has 0 bridgehead atoms. The largest absolute Gasteiger partial charge is 0.497 e. The van der Waals surface area contributed by atoms with Crippen molar-refractivity contribution in [1.82, 2.24) is 9.80 Å². The molecule has 1 aliphatic heterocycles. The lowest BCUT2D eigenvalue weighted by Gasteiger charge is -2.41. The van der Waals surface area contributed by atoms with Crippen LogP contribution >= 0.6 is 0 Å². The topological polar surface area (TPSA) is 59.1 Å². The van der Waals surface area contributed by atoms with Crippen LogP contribution in [0.25, 0.3) is 0 Å². The van der Waals surface area contributed by atoms with Gasteiger partial charge >= 0.3 is 6.09 Å². The molecule has 0 N–H and O–H groups in total. The third kappa shape index (κ3) is 6.40. The molecule has 2 aliphatic rings. The number of carbonyl (C=O) groups excluding carboxylic acids is 2. The third-order valence-electron chi connectivity index (χ3n) is 7.42. The molecule has 1 saturated heterocycles. The van der Waals surface area contributed by atoms with Gasteiger partial charge in [-0.3, -0.25) is 4.79 Å². The summed E-state index contributed by atoms with van der Waals surface area (Å²) in [4.78, 5) is 30.6. The summed E-state index contributed by atoms with van der Waals surface area (Å²) >= 11 is 0. The number of nitrogens with zero attached hydrogens (tertiary/aromatic N) is 2. The molecule has 1 heterocycles. The van der Waals surface area contributed by atoms with Crippen molar-refractivity contribution in [2.24, 2.45) is 11.8 Å². The molecule has 4 rings (SSSR count). The zero-order valence-corrected chi connectivity index (χ0v) is 22.3. The molecule has 2 aromatic carbocycles. The Labute approximate surface area is 215 Å². The van der Waals surface area contributed by atoms with Crippen LogP contribution in [0.2, 0.25) is 0 Å². The number of rotatable bonds is 6. The third-order valence-corrected chi connectivity index (χ3v) is 7.42. The van der Waals surface area contributed by atoms with E-state index in [1.807, 2.05) is 49.9 Å². The highest BCUT2D eigenvalue weighted by atomic mass is 16.6. The second-order valence-electron chi connectivity index (χ2n) is 11.3. The number of amides is 2. The maximum atomic E-state index is 13.8. The summed E-state index contributed by atoms with van der Waals surface area (Å²) in [7, 11) is 1.64. The van der Waals surface area contributed by atoms with Gasteiger partial charge in [0.1, 0.15) is 11.4 Å². The van der Waals surface area contributed by atoms with Crippen molar-refractivity contribution in [3.05, 3.63) is 65.2 Å². The first-order valence-electron chi connectivity index (χ1n) is 13.1. The number of carbonyl (C=O) groups is 2. The Bertz CT molecular complexity index is 1040. The van der Waals surface area contributed by atoms with Crippen LogP contribution in [0.3, 0.4) is 0 Å². The quantitative estimate of drug-likeness (QED) is 0.526. The number of benzene rings is 2. The van der Waals surface area contributed by atoms with E-state index in [1.54, 1.807) is 7.11 Å². The van der Waals surface area contributed by atoms with E-state index >= 15 is 0 Å². The van der Waals surface area contributed by atoms with Crippen LogP contribution in [-0.2, 0) is 22.5 Å². The van der Waals surface area contributed by atoms with Crippen LogP contribution in [0.4, 0.5) is 4.79 Å². The van der Waals surface area contributed by atoms with Crippen LogP contribution in [0.1, 0.15) is 56.7 Å². The van der Waals surface area contributed by atoms with Crippen molar-refractivity contribution in [3.8, 4) is 5.75 Å². The number of ether oxygens (including phenoxy) is 2. The lowest BCUT2D eigenvalue weighted by Crippen LogP contribution is -2.48. The van der Waals surface area contributed by atoms with Gasteiger partial charge in [0.15, 0.2) is 0 Å². The molecule has 2 amide bonds. The van der Waals surface area contributed by atoms with Gasteiger partial charge in [-0.15, -0.1) is 0 Å². The predicted molar refractivity (Wildman–Crippen MR) is 141 cm³/mol. The molecule has 2 fully saturated rings. The summed E-state index contributed by atoms with van der Waals surface area (Å²) in [5, 5.41) is 0. The SMILES string of the molecule is COc1ccc(CC(=O)N(Cc2ccc(C)cc2)C2CCCC3CN(C(=O)OC(C)(C)C)CC32)cc1. The Morgan fingerprint density at radius 3 is 2.28 bits per heavy atom. The van der Waals surface area contributed by atoms with Gasteiger partial charge in [0, 0.05) is 31.6 Å². The highest BCUT2D eigenvalue weighted by molar-refractivity contribution is 5.79. The molecule has 6 nitrogen and oxygen atoms in total. The lowest BCUT2D eigenvalue weighted by molar-refractivity contribution is -0.135. The molecule has 3 unspecified atom stereocenters. The van der Waals surface area contributed by atoms with Crippen molar-refractivity contribution >= 4 is 12.0 Å². The van der Waals surface area contributed by atoms with E-state index in [0.29, 0.717) is 32.0 Å². The molecule has 194 valence electrons. The van der Waals surface area contributed by atoms with Crippen LogP contribution in [-0.4, -0.2) is 53.6 Å². The standard InChI is InChI=1S/C30H40N2O4/c1-21-9-11-23(12-10-21)18-32(28(33)17-22-13-15-25(35-5)16-14-22)27-8-6-7-24-19-31(20-26(24)27)29(34)36-30(2,3)4/h9-16,24,26-27H,6-8,17-20H2,1-5H3. The number of hydrogen-bond acceptors (Lipinski definition) is 4. The Kier molecular flexibility index (Phi) is 7.91. The fourth-order valence-electron chi connectivity index (χ4n) is 5.60. The van der Waals surface area contributed by atoms with Gasteiger partial charge in [0.05, 0.1) is 13.5 Å². The van der Waals surface area contributed by atoms with Gasteiger partial charge in [0.2, 0.25) is 5.91 Å². The minimum Gasteiger partial charge on any atom is -0.497 e. The maximum Gasteiger partial charge on any atom is 0.410 e. The fourth-order valence-corrected chi connectivity index (χ4v) is 5.60. The van der Waals surface area contributed by atoms with Crippen LogP contribution in [0.5, 0.6) is 5.75 Å². The summed E-state index contributed by atoms with van der Waals surface area (Å²) in [5.74, 6) is 1.57. The number of fused-ring (bicyclic) bond motifs is 1. The van der Waals surface area contributed by atoms with E-state index in [0.717, 1.165) is 36.1 Å². The zero-order valence-electron chi connectivity index (χ0n) is 22.3. The molecule has 0 aromatic heterocycles. The van der Waals surface area contributed by atoms with Crippen LogP contribution in [0.15, 0.2) is 48.5 Å². The van der Waals surface area contributed by atoms with E-state index in [9.17, 15) is 9.59 Å². The monoisotopic (exact) mass is 492 g/mol. The summed E-state index contributed by atoms with van der Waals surface area (Å²) in [5.41, 5.74) is 2.80.